The van der Waals surface area contributed by atoms with E-state index in [1.165, 1.54) is 13.1 Å². The van der Waals surface area contributed by atoms with Crippen molar-refractivity contribution in [1.82, 2.24) is 9.97 Å². The lowest BCUT2D eigenvalue weighted by molar-refractivity contribution is -0.142. The number of esters is 1. The van der Waals surface area contributed by atoms with Gasteiger partial charge in [0.1, 0.15) is 0 Å². The van der Waals surface area contributed by atoms with Crippen molar-refractivity contribution in [3.05, 3.63) is 36.0 Å². The van der Waals surface area contributed by atoms with Gasteiger partial charge < -0.3 is 9.15 Å². The lowest BCUT2D eigenvalue weighted by Crippen LogP contribution is -2.07. The van der Waals surface area contributed by atoms with Gasteiger partial charge in [0.2, 0.25) is 5.89 Å². The number of carbonyl (C=O) groups is 1. The molecular weight excluding hydrogens is 277 g/mol. The quantitative estimate of drug-likeness (QED) is 0.812. The molecule has 106 valence electrons. The second kappa shape index (κ2) is 5.32. The Hall–Kier alpha value is -2.38. The minimum atomic E-state index is -4.54. The summed E-state index contributed by atoms with van der Waals surface area (Å²) in [5.74, 6) is -0.611. The Labute approximate surface area is 111 Å². The maximum atomic E-state index is 12.8. The third-order valence-corrected chi connectivity index (χ3v) is 2.33. The standard InChI is InChI=1S/C12H9F3N2O3/c1-7(18)19-6-8-4-17-11(20-8)9-5-16-3-2-10(9)12(13,14)15/h2-5H,6H2,1H3. The van der Waals surface area contributed by atoms with E-state index >= 15 is 0 Å². The number of hydrogen-bond donors (Lipinski definition) is 0. The van der Waals surface area contributed by atoms with E-state index in [2.05, 4.69) is 14.7 Å². The number of carbonyl (C=O) groups excluding carboxylic acids is 1. The summed E-state index contributed by atoms with van der Waals surface area (Å²) >= 11 is 0. The number of nitrogens with zero attached hydrogens (tertiary/aromatic N) is 2. The highest BCUT2D eigenvalue weighted by atomic mass is 19.4. The van der Waals surface area contributed by atoms with Gasteiger partial charge in [-0.05, 0) is 6.07 Å². The third kappa shape index (κ3) is 3.14. The van der Waals surface area contributed by atoms with Crippen molar-refractivity contribution in [3.63, 3.8) is 0 Å². The van der Waals surface area contributed by atoms with Crippen molar-refractivity contribution >= 4 is 5.97 Å². The second-order valence-electron chi connectivity index (χ2n) is 3.83. The Bertz CT molecular complexity index is 622. The number of hydrogen-bond acceptors (Lipinski definition) is 5. The van der Waals surface area contributed by atoms with Gasteiger partial charge in [0, 0.05) is 19.3 Å². The molecule has 2 aromatic rings. The molecule has 0 aromatic carbocycles. The van der Waals surface area contributed by atoms with Crippen LogP contribution >= 0.6 is 0 Å². The molecule has 0 spiro atoms. The van der Waals surface area contributed by atoms with Crippen LogP contribution < -0.4 is 0 Å². The number of aromatic nitrogens is 2. The first kappa shape index (κ1) is 14.0. The average Bonchev–Trinajstić information content (AvgIpc) is 2.84. The van der Waals surface area contributed by atoms with E-state index in [9.17, 15) is 18.0 Å². The zero-order valence-electron chi connectivity index (χ0n) is 10.3. The normalized spacial score (nSPS) is 11.4. The van der Waals surface area contributed by atoms with Gasteiger partial charge in [-0.1, -0.05) is 0 Å². The van der Waals surface area contributed by atoms with Gasteiger partial charge >= 0.3 is 12.1 Å². The van der Waals surface area contributed by atoms with E-state index < -0.39 is 17.7 Å². The molecule has 0 saturated heterocycles. The maximum Gasteiger partial charge on any atom is 0.417 e. The van der Waals surface area contributed by atoms with Crippen molar-refractivity contribution in [2.24, 2.45) is 0 Å². The molecule has 2 heterocycles. The van der Waals surface area contributed by atoms with Gasteiger partial charge in [-0.25, -0.2) is 4.98 Å². The van der Waals surface area contributed by atoms with Crippen LogP contribution in [0.25, 0.3) is 11.5 Å². The third-order valence-electron chi connectivity index (χ3n) is 2.33. The molecule has 0 saturated carbocycles. The number of ether oxygens (including phenoxy) is 1. The zero-order chi connectivity index (χ0) is 14.8. The summed E-state index contributed by atoms with van der Waals surface area (Å²) in [7, 11) is 0. The molecular formula is C12H9F3N2O3. The molecule has 0 aliphatic heterocycles. The number of halogens is 3. The first-order chi connectivity index (χ1) is 9.38. The summed E-state index contributed by atoms with van der Waals surface area (Å²) in [5, 5.41) is 0. The highest BCUT2D eigenvalue weighted by Crippen LogP contribution is 2.36. The van der Waals surface area contributed by atoms with E-state index in [1.807, 2.05) is 0 Å². The van der Waals surface area contributed by atoms with Crippen LogP contribution in [0, 0.1) is 0 Å². The molecule has 0 radical (unpaired) electrons. The van der Waals surface area contributed by atoms with Crippen molar-refractivity contribution in [2.75, 3.05) is 0 Å². The second-order valence-corrected chi connectivity index (χ2v) is 3.83. The summed E-state index contributed by atoms with van der Waals surface area (Å²) in [5.41, 5.74) is -1.16. The highest BCUT2D eigenvalue weighted by Gasteiger charge is 2.34. The summed E-state index contributed by atoms with van der Waals surface area (Å²) in [4.78, 5) is 18.0. The lowest BCUT2D eigenvalue weighted by atomic mass is 10.1. The Balaban J connectivity index is 2.31. The Morgan fingerprint density at radius 1 is 1.40 bits per heavy atom. The molecule has 0 amide bonds. The number of alkyl halides is 3. The van der Waals surface area contributed by atoms with E-state index in [-0.39, 0.29) is 23.8 Å². The monoisotopic (exact) mass is 286 g/mol. The average molecular weight is 286 g/mol. The molecule has 0 N–H and O–H groups in total. The molecule has 2 rings (SSSR count). The number of oxazole rings is 1. The number of pyridine rings is 1. The van der Waals surface area contributed by atoms with Crippen molar-refractivity contribution in [1.29, 1.82) is 0 Å². The molecule has 0 aliphatic rings. The SMILES string of the molecule is CC(=O)OCc1cnc(-c2cnccc2C(F)(F)F)o1. The first-order valence-corrected chi connectivity index (χ1v) is 5.47. The van der Waals surface area contributed by atoms with Gasteiger partial charge in [-0.15, -0.1) is 0 Å². The molecule has 0 aliphatic carbocycles. The minimum absolute atomic E-state index is 0.146. The van der Waals surface area contributed by atoms with Crippen LogP contribution in [0.1, 0.15) is 18.2 Å². The Morgan fingerprint density at radius 3 is 2.80 bits per heavy atom. The fourth-order valence-corrected chi connectivity index (χ4v) is 1.48. The summed E-state index contributed by atoms with van der Waals surface area (Å²) in [6, 6.07) is 0.839. The fourth-order valence-electron chi connectivity index (χ4n) is 1.48. The molecule has 2 aromatic heterocycles. The maximum absolute atomic E-state index is 12.8. The largest absolute Gasteiger partial charge is 0.458 e. The summed E-state index contributed by atoms with van der Waals surface area (Å²) < 4.78 is 48.3. The van der Waals surface area contributed by atoms with Gasteiger partial charge in [0.05, 0.1) is 17.3 Å². The van der Waals surface area contributed by atoms with Crippen LogP contribution in [0.15, 0.2) is 29.1 Å². The van der Waals surface area contributed by atoms with Gasteiger partial charge in [0.25, 0.3) is 0 Å². The predicted octanol–water partition coefficient (Wildman–Crippen LogP) is 2.82. The highest BCUT2D eigenvalue weighted by molar-refractivity contribution is 5.65. The smallest absolute Gasteiger partial charge is 0.417 e. The van der Waals surface area contributed by atoms with E-state index in [0.29, 0.717) is 0 Å². The van der Waals surface area contributed by atoms with Crippen LogP contribution in [-0.2, 0) is 22.3 Å². The molecule has 0 atom stereocenters. The Kier molecular flexibility index (Phi) is 3.73. The van der Waals surface area contributed by atoms with Gasteiger partial charge in [0.15, 0.2) is 12.4 Å². The fraction of sp³-hybridized carbons (Fsp3) is 0.250. The van der Waals surface area contributed by atoms with Crippen LogP contribution in [0.3, 0.4) is 0 Å². The number of rotatable bonds is 3. The Morgan fingerprint density at radius 2 is 2.15 bits per heavy atom. The van der Waals surface area contributed by atoms with E-state index in [0.717, 1.165) is 18.5 Å². The summed E-state index contributed by atoms with van der Waals surface area (Å²) in [6.07, 6.45) is -1.28. The first-order valence-electron chi connectivity index (χ1n) is 5.47. The van der Waals surface area contributed by atoms with Crippen LogP contribution in [0.2, 0.25) is 0 Å². The topological polar surface area (TPSA) is 65.2 Å². The van der Waals surface area contributed by atoms with E-state index in [4.69, 9.17) is 4.42 Å². The van der Waals surface area contributed by atoms with Crippen LogP contribution in [0.5, 0.6) is 0 Å². The van der Waals surface area contributed by atoms with Crippen molar-refractivity contribution in [2.45, 2.75) is 19.7 Å². The van der Waals surface area contributed by atoms with Gasteiger partial charge in [-0.3, -0.25) is 9.78 Å². The van der Waals surface area contributed by atoms with Crippen molar-refractivity contribution < 1.29 is 27.1 Å². The molecule has 0 unspecified atom stereocenters. The van der Waals surface area contributed by atoms with E-state index in [1.54, 1.807) is 0 Å². The molecule has 0 bridgehead atoms. The lowest BCUT2D eigenvalue weighted by Gasteiger charge is -2.09. The molecule has 0 fully saturated rings. The minimum Gasteiger partial charge on any atom is -0.458 e. The van der Waals surface area contributed by atoms with Crippen LogP contribution in [-0.4, -0.2) is 15.9 Å². The van der Waals surface area contributed by atoms with Gasteiger partial charge in [-0.2, -0.15) is 13.2 Å². The van der Waals surface area contributed by atoms with Crippen LogP contribution in [0.4, 0.5) is 13.2 Å². The molecule has 8 heteroatoms. The predicted molar refractivity (Wildman–Crippen MR) is 60.2 cm³/mol. The zero-order valence-corrected chi connectivity index (χ0v) is 10.3. The molecule has 5 nitrogen and oxygen atoms in total. The molecule has 20 heavy (non-hydrogen) atoms. The van der Waals surface area contributed by atoms with Crippen molar-refractivity contribution in [3.8, 4) is 11.5 Å². The summed E-state index contributed by atoms with van der Waals surface area (Å²) in [6.45, 7) is 1.02.